The van der Waals surface area contributed by atoms with E-state index < -0.39 is 4.92 Å². The highest BCUT2D eigenvalue weighted by atomic mass is 35.5. The van der Waals surface area contributed by atoms with Crippen molar-refractivity contribution in [3.8, 4) is 0 Å². The number of nitro groups is 1. The van der Waals surface area contributed by atoms with Gasteiger partial charge in [-0.25, -0.2) is 0 Å². The Hall–Kier alpha value is -1.17. The maximum atomic E-state index is 10.8. The molecule has 1 atom stereocenters. The summed E-state index contributed by atoms with van der Waals surface area (Å²) >= 11 is 6.13. The van der Waals surface area contributed by atoms with Crippen molar-refractivity contribution < 1.29 is 9.66 Å². The Morgan fingerprint density at radius 1 is 1.58 bits per heavy atom. The summed E-state index contributed by atoms with van der Waals surface area (Å²) in [6.07, 6.45) is 0.993. The summed E-state index contributed by atoms with van der Waals surface area (Å²) in [6.45, 7) is 4.98. The highest BCUT2D eigenvalue weighted by Gasteiger charge is 2.22. The SMILES string of the molecule is CCC1COCCN1Cc1cc([N+](=O)[O-])ccc1Cl. The molecule has 0 aromatic heterocycles. The molecule has 0 bridgehead atoms. The Labute approximate surface area is 117 Å². The zero-order valence-corrected chi connectivity index (χ0v) is 11.6. The number of rotatable bonds is 4. The van der Waals surface area contributed by atoms with Gasteiger partial charge in [0.15, 0.2) is 0 Å². The summed E-state index contributed by atoms with van der Waals surface area (Å²) in [7, 11) is 0. The van der Waals surface area contributed by atoms with E-state index in [1.165, 1.54) is 6.07 Å². The van der Waals surface area contributed by atoms with E-state index in [9.17, 15) is 10.1 Å². The van der Waals surface area contributed by atoms with Gasteiger partial charge in [0.05, 0.1) is 18.1 Å². The first-order valence-electron chi connectivity index (χ1n) is 6.36. The van der Waals surface area contributed by atoms with Crippen molar-refractivity contribution in [1.29, 1.82) is 0 Å². The minimum absolute atomic E-state index is 0.0840. The standard InChI is InChI=1S/C13H17ClN2O3/c1-2-11-9-19-6-5-15(11)8-10-7-12(16(17)18)3-4-13(10)14/h3-4,7,11H,2,5-6,8-9H2,1H3. The molecule has 104 valence electrons. The number of morpholine rings is 1. The van der Waals surface area contributed by atoms with Crippen LogP contribution < -0.4 is 0 Å². The van der Waals surface area contributed by atoms with Crippen LogP contribution in [-0.4, -0.2) is 35.6 Å². The third-order valence-electron chi connectivity index (χ3n) is 3.43. The summed E-state index contributed by atoms with van der Waals surface area (Å²) in [5.74, 6) is 0. The van der Waals surface area contributed by atoms with Gasteiger partial charge in [-0.1, -0.05) is 18.5 Å². The van der Waals surface area contributed by atoms with E-state index in [0.717, 1.165) is 18.5 Å². The molecule has 0 radical (unpaired) electrons. The molecule has 1 saturated heterocycles. The average Bonchev–Trinajstić information content (AvgIpc) is 2.41. The van der Waals surface area contributed by atoms with Crippen LogP contribution >= 0.6 is 11.6 Å². The first-order valence-corrected chi connectivity index (χ1v) is 6.74. The molecule has 1 aliphatic rings. The van der Waals surface area contributed by atoms with Crippen LogP contribution in [0.5, 0.6) is 0 Å². The van der Waals surface area contributed by atoms with Gasteiger partial charge in [-0.2, -0.15) is 0 Å². The average molecular weight is 285 g/mol. The van der Waals surface area contributed by atoms with Gasteiger partial charge < -0.3 is 4.74 Å². The van der Waals surface area contributed by atoms with Gasteiger partial charge in [0.1, 0.15) is 0 Å². The smallest absolute Gasteiger partial charge is 0.269 e. The number of nitro benzene ring substituents is 1. The van der Waals surface area contributed by atoms with Crippen LogP contribution in [0.2, 0.25) is 5.02 Å². The van der Waals surface area contributed by atoms with Gasteiger partial charge >= 0.3 is 0 Å². The normalized spacial score (nSPS) is 20.4. The molecule has 1 heterocycles. The highest BCUT2D eigenvalue weighted by molar-refractivity contribution is 6.31. The molecule has 6 heteroatoms. The largest absolute Gasteiger partial charge is 0.378 e. The van der Waals surface area contributed by atoms with Gasteiger partial charge in [-0.05, 0) is 18.1 Å². The summed E-state index contributed by atoms with van der Waals surface area (Å²) in [4.78, 5) is 12.7. The predicted octanol–water partition coefficient (Wildman–Crippen LogP) is 2.86. The number of ether oxygens (including phenoxy) is 1. The lowest BCUT2D eigenvalue weighted by atomic mass is 10.1. The molecule has 2 rings (SSSR count). The lowest BCUT2D eigenvalue weighted by Crippen LogP contribution is -2.44. The van der Waals surface area contributed by atoms with Gasteiger partial charge in [0, 0.05) is 36.3 Å². The quantitative estimate of drug-likeness (QED) is 0.630. The summed E-state index contributed by atoms with van der Waals surface area (Å²) in [6, 6.07) is 4.94. The maximum Gasteiger partial charge on any atom is 0.269 e. The minimum Gasteiger partial charge on any atom is -0.378 e. The Morgan fingerprint density at radius 3 is 3.05 bits per heavy atom. The fourth-order valence-corrected chi connectivity index (χ4v) is 2.47. The van der Waals surface area contributed by atoms with Crippen molar-refractivity contribution in [2.75, 3.05) is 19.8 Å². The first kappa shape index (κ1) is 14.2. The second-order valence-electron chi connectivity index (χ2n) is 4.64. The Balaban J connectivity index is 2.17. The summed E-state index contributed by atoms with van der Waals surface area (Å²) in [5, 5.41) is 11.4. The molecule has 19 heavy (non-hydrogen) atoms. The van der Waals surface area contributed by atoms with Crippen molar-refractivity contribution in [2.24, 2.45) is 0 Å². The molecule has 5 nitrogen and oxygen atoms in total. The van der Waals surface area contributed by atoms with E-state index >= 15 is 0 Å². The third kappa shape index (κ3) is 3.43. The van der Waals surface area contributed by atoms with Crippen molar-refractivity contribution >= 4 is 17.3 Å². The monoisotopic (exact) mass is 284 g/mol. The molecule has 0 spiro atoms. The predicted molar refractivity (Wildman–Crippen MR) is 73.4 cm³/mol. The fraction of sp³-hybridized carbons (Fsp3) is 0.538. The topological polar surface area (TPSA) is 55.6 Å². The summed E-state index contributed by atoms with van der Waals surface area (Å²) in [5.41, 5.74) is 0.886. The van der Waals surface area contributed by atoms with Crippen LogP contribution in [0.3, 0.4) is 0 Å². The van der Waals surface area contributed by atoms with E-state index in [-0.39, 0.29) is 5.69 Å². The van der Waals surface area contributed by atoms with Crippen molar-refractivity contribution in [2.45, 2.75) is 25.9 Å². The molecule has 1 aromatic carbocycles. The van der Waals surface area contributed by atoms with Crippen LogP contribution in [-0.2, 0) is 11.3 Å². The molecule has 0 N–H and O–H groups in total. The van der Waals surface area contributed by atoms with E-state index in [2.05, 4.69) is 11.8 Å². The zero-order valence-electron chi connectivity index (χ0n) is 10.8. The van der Waals surface area contributed by atoms with Crippen molar-refractivity contribution in [3.05, 3.63) is 38.9 Å². The van der Waals surface area contributed by atoms with E-state index in [0.29, 0.717) is 30.8 Å². The fourth-order valence-electron chi connectivity index (χ4n) is 2.29. The summed E-state index contributed by atoms with van der Waals surface area (Å²) < 4.78 is 5.45. The number of halogens is 1. The number of hydrogen-bond donors (Lipinski definition) is 0. The Kier molecular flexibility index (Phi) is 4.74. The molecule has 0 aliphatic carbocycles. The zero-order chi connectivity index (χ0) is 13.8. The van der Waals surface area contributed by atoms with E-state index in [4.69, 9.17) is 16.3 Å². The van der Waals surface area contributed by atoms with Gasteiger partial charge in [0.2, 0.25) is 0 Å². The number of benzene rings is 1. The van der Waals surface area contributed by atoms with E-state index in [1.54, 1.807) is 12.1 Å². The van der Waals surface area contributed by atoms with Crippen LogP contribution in [0.15, 0.2) is 18.2 Å². The molecule has 1 fully saturated rings. The number of non-ortho nitro benzene ring substituents is 1. The van der Waals surface area contributed by atoms with Crippen LogP contribution in [0.25, 0.3) is 0 Å². The van der Waals surface area contributed by atoms with Crippen LogP contribution in [0.1, 0.15) is 18.9 Å². The molecular weight excluding hydrogens is 268 g/mol. The Bertz CT molecular complexity index is 467. The molecule has 1 aliphatic heterocycles. The van der Waals surface area contributed by atoms with Gasteiger partial charge in [0.25, 0.3) is 5.69 Å². The molecular formula is C13H17ClN2O3. The first-order chi connectivity index (χ1) is 9.11. The molecule has 1 aromatic rings. The maximum absolute atomic E-state index is 10.8. The van der Waals surface area contributed by atoms with E-state index in [1.807, 2.05) is 0 Å². The minimum atomic E-state index is -0.392. The van der Waals surface area contributed by atoms with Crippen molar-refractivity contribution in [1.82, 2.24) is 4.90 Å². The molecule has 0 amide bonds. The molecule has 0 saturated carbocycles. The second-order valence-corrected chi connectivity index (χ2v) is 5.05. The van der Waals surface area contributed by atoms with Crippen LogP contribution in [0, 0.1) is 10.1 Å². The lowest BCUT2D eigenvalue weighted by molar-refractivity contribution is -0.384. The van der Waals surface area contributed by atoms with Gasteiger partial charge in [-0.3, -0.25) is 15.0 Å². The van der Waals surface area contributed by atoms with Crippen LogP contribution in [0.4, 0.5) is 5.69 Å². The number of nitrogens with zero attached hydrogens (tertiary/aromatic N) is 2. The lowest BCUT2D eigenvalue weighted by Gasteiger charge is -2.35. The third-order valence-corrected chi connectivity index (χ3v) is 3.80. The van der Waals surface area contributed by atoms with Gasteiger partial charge in [-0.15, -0.1) is 0 Å². The molecule has 1 unspecified atom stereocenters. The Morgan fingerprint density at radius 2 is 2.37 bits per heavy atom. The van der Waals surface area contributed by atoms with Crippen molar-refractivity contribution in [3.63, 3.8) is 0 Å². The second kappa shape index (κ2) is 6.32. The number of hydrogen-bond acceptors (Lipinski definition) is 4. The highest BCUT2D eigenvalue weighted by Crippen LogP contribution is 2.25.